The molecule has 1 saturated heterocycles. The molecule has 0 aromatic carbocycles. The number of carbonyl (C=O) groups is 1. The van der Waals surface area contributed by atoms with E-state index >= 15 is 0 Å². The monoisotopic (exact) mass is 316 g/mol. The number of carbonyl (C=O) groups excluding carboxylic acids is 1. The molecule has 0 unspecified atom stereocenters. The zero-order chi connectivity index (χ0) is 16.2. The second kappa shape index (κ2) is 7.28. The molecule has 2 fully saturated rings. The van der Waals surface area contributed by atoms with Gasteiger partial charge in [-0.2, -0.15) is 0 Å². The molecular formula is C18H28N4O. The minimum atomic E-state index is -0.0401. The van der Waals surface area contributed by atoms with E-state index < -0.39 is 0 Å². The van der Waals surface area contributed by atoms with Gasteiger partial charge in [0.25, 0.3) is 5.91 Å². The minimum absolute atomic E-state index is 0.0401. The van der Waals surface area contributed by atoms with Crippen molar-refractivity contribution in [2.24, 2.45) is 0 Å². The molecule has 1 saturated carbocycles. The second-order valence-electron chi connectivity index (χ2n) is 7.14. The van der Waals surface area contributed by atoms with Crippen LogP contribution >= 0.6 is 0 Å². The summed E-state index contributed by atoms with van der Waals surface area (Å²) >= 11 is 0. The zero-order valence-corrected chi connectivity index (χ0v) is 14.3. The molecule has 1 N–H and O–H groups in total. The molecule has 0 spiro atoms. The van der Waals surface area contributed by atoms with Crippen LogP contribution < -0.4 is 10.2 Å². The number of hydrogen-bond acceptors (Lipinski definition) is 4. The first-order chi connectivity index (χ1) is 11.1. The summed E-state index contributed by atoms with van der Waals surface area (Å²) in [6.07, 6.45) is 8.25. The van der Waals surface area contributed by atoms with Crippen molar-refractivity contribution in [3.63, 3.8) is 0 Å². The van der Waals surface area contributed by atoms with Gasteiger partial charge in [-0.15, -0.1) is 0 Å². The normalized spacial score (nSPS) is 19.3. The van der Waals surface area contributed by atoms with Crippen molar-refractivity contribution in [2.75, 3.05) is 18.0 Å². The number of aromatic nitrogens is 2. The van der Waals surface area contributed by atoms with Crippen molar-refractivity contribution in [3.05, 3.63) is 17.5 Å². The lowest BCUT2D eigenvalue weighted by Crippen LogP contribution is -2.37. The van der Waals surface area contributed by atoms with Gasteiger partial charge in [0.15, 0.2) is 0 Å². The Morgan fingerprint density at radius 1 is 1.13 bits per heavy atom. The first-order valence-corrected chi connectivity index (χ1v) is 9.08. The lowest BCUT2D eigenvalue weighted by Gasteiger charge is -2.23. The third-order valence-corrected chi connectivity index (χ3v) is 4.89. The van der Waals surface area contributed by atoms with Gasteiger partial charge in [-0.25, -0.2) is 9.97 Å². The molecule has 1 amide bonds. The van der Waals surface area contributed by atoms with E-state index in [2.05, 4.69) is 34.0 Å². The highest BCUT2D eigenvalue weighted by Gasteiger charge is 2.22. The van der Waals surface area contributed by atoms with Crippen LogP contribution in [0.4, 0.5) is 5.95 Å². The van der Waals surface area contributed by atoms with Gasteiger partial charge in [0.1, 0.15) is 5.69 Å². The van der Waals surface area contributed by atoms with Gasteiger partial charge in [0.2, 0.25) is 5.95 Å². The van der Waals surface area contributed by atoms with E-state index in [1.807, 2.05) is 6.07 Å². The first kappa shape index (κ1) is 16.2. The maximum atomic E-state index is 12.6. The van der Waals surface area contributed by atoms with Crippen molar-refractivity contribution >= 4 is 11.9 Å². The van der Waals surface area contributed by atoms with E-state index in [1.165, 1.54) is 32.1 Å². The summed E-state index contributed by atoms with van der Waals surface area (Å²) in [5.41, 5.74) is 1.48. The fourth-order valence-corrected chi connectivity index (χ4v) is 3.43. The molecule has 1 aromatic rings. The SMILES string of the molecule is CC(C)c1cc(C(=O)NC2CCCCC2)nc(N2CCCC2)n1. The summed E-state index contributed by atoms with van der Waals surface area (Å²) in [4.78, 5) is 24.1. The van der Waals surface area contributed by atoms with Crippen LogP contribution in [0, 0.1) is 0 Å². The molecule has 0 bridgehead atoms. The Morgan fingerprint density at radius 3 is 2.48 bits per heavy atom. The second-order valence-corrected chi connectivity index (χ2v) is 7.14. The van der Waals surface area contributed by atoms with E-state index in [0.717, 1.165) is 37.6 Å². The van der Waals surface area contributed by atoms with Gasteiger partial charge in [-0.3, -0.25) is 4.79 Å². The van der Waals surface area contributed by atoms with E-state index in [4.69, 9.17) is 0 Å². The molecule has 5 nitrogen and oxygen atoms in total. The summed E-state index contributed by atoms with van der Waals surface area (Å²) in [7, 11) is 0. The van der Waals surface area contributed by atoms with Gasteiger partial charge < -0.3 is 10.2 Å². The summed E-state index contributed by atoms with van der Waals surface area (Å²) in [5.74, 6) is 0.977. The highest BCUT2D eigenvalue weighted by atomic mass is 16.1. The molecule has 5 heteroatoms. The third-order valence-electron chi connectivity index (χ3n) is 4.89. The molecule has 3 rings (SSSR count). The van der Waals surface area contributed by atoms with E-state index in [1.54, 1.807) is 0 Å². The van der Waals surface area contributed by atoms with Crippen molar-refractivity contribution in [1.29, 1.82) is 0 Å². The van der Waals surface area contributed by atoms with Crippen LogP contribution in [0.5, 0.6) is 0 Å². The lowest BCUT2D eigenvalue weighted by atomic mass is 9.95. The summed E-state index contributed by atoms with van der Waals surface area (Å²) < 4.78 is 0. The van der Waals surface area contributed by atoms with Gasteiger partial charge in [0, 0.05) is 24.8 Å². The van der Waals surface area contributed by atoms with Crippen LogP contribution in [-0.4, -0.2) is 35.0 Å². The van der Waals surface area contributed by atoms with Crippen molar-refractivity contribution in [3.8, 4) is 0 Å². The Labute approximate surface area is 138 Å². The number of hydrogen-bond donors (Lipinski definition) is 1. The standard InChI is InChI=1S/C18H28N4O/c1-13(2)15-12-16(17(23)19-14-8-4-3-5-9-14)21-18(20-15)22-10-6-7-11-22/h12-14H,3-11H2,1-2H3,(H,19,23). The number of anilines is 1. The van der Waals surface area contributed by atoms with Crippen LogP contribution in [0.3, 0.4) is 0 Å². The predicted octanol–water partition coefficient (Wildman–Crippen LogP) is 3.26. The van der Waals surface area contributed by atoms with Crippen LogP contribution in [0.1, 0.15) is 80.9 Å². The maximum Gasteiger partial charge on any atom is 0.270 e. The third kappa shape index (κ3) is 4.01. The molecule has 2 heterocycles. The van der Waals surface area contributed by atoms with Crippen LogP contribution in [0.15, 0.2) is 6.07 Å². The van der Waals surface area contributed by atoms with Crippen LogP contribution in [0.25, 0.3) is 0 Å². The largest absolute Gasteiger partial charge is 0.348 e. The fourth-order valence-electron chi connectivity index (χ4n) is 3.43. The summed E-state index contributed by atoms with van der Waals surface area (Å²) in [5, 5.41) is 3.17. The quantitative estimate of drug-likeness (QED) is 0.926. The fraction of sp³-hybridized carbons (Fsp3) is 0.722. The molecule has 0 radical (unpaired) electrons. The Bertz CT molecular complexity index is 546. The summed E-state index contributed by atoms with van der Waals surface area (Å²) in [6.45, 7) is 6.20. The Balaban J connectivity index is 1.80. The minimum Gasteiger partial charge on any atom is -0.348 e. The Kier molecular flexibility index (Phi) is 5.13. The number of amides is 1. The van der Waals surface area contributed by atoms with E-state index in [-0.39, 0.29) is 5.91 Å². The summed E-state index contributed by atoms with van der Waals surface area (Å²) in [6, 6.07) is 2.17. The smallest absolute Gasteiger partial charge is 0.270 e. The highest BCUT2D eigenvalue weighted by molar-refractivity contribution is 5.92. The van der Waals surface area contributed by atoms with Crippen LogP contribution in [0.2, 0.25) is 0 Å². The van der Waals surface area contributed by atoms with E-state index in [9.17, 15) is 4.79 Å². The maximum absolute atomic E-state index is 12.6. The van der Waals surface area contributed by atoms with Crippen molar-refractivity contribution in [1.82, 2.24) is 15.3 Å². The molecule has 23 heavy (non-hydrogen) atoms. The number of nitrogens with zero attached hydrogens (tertiary/aromatic N) is 3. The van der Waals surface area contributed by atoms with Crippen molar-refractivity contribution in [2.45, 2.75) is 70.8 Å². The van der Waals surface area contributed by atoms with Gasteiger partial charge in [-0.05, 0) is 37.7 Å². The molecule has 0 atom stereocenters. The Morgan fingerprint density at radius 2 is 1.83 bits per heavy atom. The van der Waals surface area contributed by atoms with Gasteiger partial charge >= 0.3 is 0 Å². The zero-order valence-electron chi connectivity index (χ0n) is 14.3. The lowest BCUT2D eigenvalue weighted by molar-refractivity contribution is 0.0922. The van der Waals surface area contributed by atoms with Crippen LogP contribution in [-0.2, 0) is 0 Å². The molecule has 1 aromatic heterocycles. The number of rotatable bonds is 4. The molecule has 1 aliphatic carbocycles. The van der Waals surface area contributed by atoms with E-state index in [0.29, 0.717) is 17.7 Å². The number of nitrogens with one attached hydrogen (secondary N) is 1. The molecule has 126 valence electrons. The Hall–Kier alpha value is -1.65. The molecular weight excluding hydrogens is 288 g/mol. The van der Waals surface area contributed by atoms with Gasteiger partial charge in [0.05, 0.1) is 0 Å². The topological polar surface area (TPSA) is 58.1 Å². The average molecular weight is 316 g/mol. The van der Waals surface area contributed by atoms with Gasteiger partial charge in [-0.1, -0.05) is 33.1 Å². The first-order valence-electron chi connectivity index (χ1n) is 9.08. The molecule has 2 aliphatic rings. The predicted molar refractivity (Wildman–Crippen MR) is 91.9 cm³/mol. The average Bonchev–Trinajstić information content (AvgIpc) is 3.10. The molecule has 1 aliphatic heterocycles. The van der Waals surface area contributed by atoms with Crippen molar-refractivity contribution < 1.29 is 4.79 Å². The highest BCUT2D eigenvalue weighted by Crippen LogP contribution is 2.21.